The lowest BCUT2D eigenvalue weighted by atomic mass is 10.1. The molecule has 3 rings (SSSR count). The Labute approximate surface area is 175 Å². The largest absolute Gasteiger partial charge is 0.492 e. The number of rotatable bonds is 6. The topological polar surface area (TPSA) is 35.5 Å². The van der Waals surface area contributed by atoms with Crippen LogP contribution in [-0.4, -0.2) is 12.6 Å². The fraction of sp³-hybridized carbons (Fsp3) is 0.136. The van der Waals surface area contributed by atoms with E-state index in [4.69, 9.17) is 9.47 Å². The van der Waals surface area contributed by atoms with E-state index in [9.17, 15) is 4.79 Å². The number of carbonyl (C=O) groups is 1. The monoisotopic (exact) mass is 488 g/mol. The maximum atomic E-state index is 12.7. The van der Waals surface area contributed by atoms with Crippen LogP contribution in [-0.2, 0) is 6.42 Å². The minimum Gasteiger partial charge on any atom is -0.492 e. The number of esters is 1. The molecule has 0 radical (unpaired) electrons. The van der Waals surface area contributed by atoms with Gasteiger partial charge in [-0.05, 0) is 64.3 Å². The van der Waals surface area contributed by atoms with Gasteiger partial charge in [-0.25, -0.2) is 4.79 Å². The summed E-state index contributed by atoms with van der Waals surface area (Å²) in [4.78, 5) is 12.7. The molecule has 0 bridgehead atoms. The lowest BCUT2D eigenvalue weighted by Crippen LogP contribution is -2.12. The van der Waals surface area contributed by atoms with Crippen molar-refractivity contribution in [1.29, 1.82) is 0 Å². The van der Waals surface area contributed by atoms with Crippen molar-refractivity contribution in [3.05, 3.63) is 92.4 Å². The molecule has 0 aromatic heterocycles. The highest BCUT2D eigenvalue weighted by atomic mass is 79.9. The zero-order chi connectivity index (χ0) is 19.2. The zero-order valence-electron chi connectivity index (χ0n) is 14.7. The molecule has 0 saturated heterocycles. The van der Waals surface area contributed by atoms with Crippen molar-refractivity contribution in [1.82, 2.24) is 0 Å². The summed E-state index contributed by atoms with van der Waals surface area (Å²) in [6.45, 7) is 2.45. The molecule has 0 heterocycles. The van der Waals surface area contributed by atoms with Crippen LogP contribution in [0.25, 0.3) is 0 Å². The normalized spacial score (nSPS) is 10.5. The number of ether oxygens (including phenoxy) is 2. The van der Waals surface area contributed by atoms with Gasteiger partial charge in [0, 0.05) is 10.9 Å². The number of halogens is 2. The average Bonchev–Trinajstić information content (AvgIpc) is 2.66. The van der Waals surface area contributed by atoms with Gasteiger partial charge in [0.2, 0.25) is 0 Å². The summed E-state index contributed by atoms with van der Waals surface area (Å²) < 4.78 is 12.9. The van der Waals surface area contributed by atoms with Gasteiger partial charge < -0.3 is 9.47 Å². The predicted octanol–water partition coefficient (Wildman–Crippen LogP) is 6.36. The molecular formula is C22H18Br2O3. The second kappa shape index (κ2) is 9.20. The molecule has 0 aliphatic carbocycles. The second-order valence-electron chi connectivity index (χ2n) is 6.05. The van der Waals surface area contributed by atoms with E-state index in [1.165, 1.54) is 5.56 Å². The SMILES string of the molecule is Cc1ccc(OC(=O)c2cc(Br)ccc2OCCc2ccccc2)c(Br)c1. The van der Waals surface area contributed by atoms with Crippen molar-refractivity contribution in [3.63, 3.8) is 0 Å². The fourth-order valence-electron chi connectivity index (χ4n) is 2.55. The summed E-state index contributed by atoms with van der Waals surface area (Å²) in [5.74, 6) is 0.513. The van der Waals surface area contributed by atoms with Crippen molar-refractivity contribution < 1.29 is 14.3 Å². The van der Waals surface area contributed by atoms with Gasteiger partial charge >= 0.3 is 5.97 Å². The van der Waals surface area contributed by atoms with Crippen molar-refractivity contribution in [2.45, 2.75) is 13.3 Å². The molecule has 3 nitrogen and oxygen atoms in total. The minimum atomic E-state index is -0.462. The highest BCUT2D eigenvalue weighted by molar-refractivity contribution is 9.10. The van der Waals surface area contributed by atoms with Crippen molar-refractivity contribution >= 4 is 37.8 Å². The first kappa shape index (κ1) is 19.6. The molecule has 0 N–H and O–H groups in total. The second-order valence-corrected chi connectivity index (χ2v) is 7.82. The molecule has 0 amide bonds. The van der Waals surface area contributed by atoms with E-state index < -0.39 is 5.97 Å². The molecule has 0 fully saturated rings. The van der Waals surface area contributed by atoms with Gasteiger partial charge in [0.25, 0.3) is 0 Å². The zero-order valence-corrected chi connectivity index (χ0v) is 17.9. The van der Waals surface area contributed by atoms with Crippen molar-refractivity contribution in [2.75, 3.05) is 6.61 Å². The lowest BCUT2D eigenvalue weighted by Gasteiger charge is -2.12. The predicted molar refractivity (Wildman–Crippen MR) is 114 cm³/mol. The summed E-state index contributed by atoms with van der Waals surface area (Å²) >= 11 is 6.84. The molecule has 3 aromatic rings. The average molecular weight is 490 g/mol. The first-order valence-corrected chi connectivity index (χ1v) is 10.1. The molecule has 0 saturated carbocycles. The van der Waals surface area contributed by atoms with Crippen molar-refractivity contribution in [3.8, 4) is 11.5 Å². The van der Waals surface area contributed by atoms with Gasteiger partial charge in [0.15, 0.2) is 0 Å². The van der Waals surface area contributed by atoms with Crippen LogP contribution < -0.4 is 9.47 Å². The third-order valence-corrected chi connectivity index (χ3v) is 5.06. The first-order valence-electron chi connectivity index (χ1n) is 8.47. The van der Waals surface area contributed by atoms with Crippen LogP contribution in [0.4, 0.5) is 0 Å². The minimum absolute atomic E-state index is 0.380. The summed E-state index contributed by atoms with van der Waals surface area (Å²) in [6, 6.07) is 21.0. The number of hydrogen-bond acceptors (Lipinski definition) is 3. The first-order chi connectivity index (χ1) is 13.0. The van der Waals surface area contributed by atoms with Gasteiger partial charge in [-0.1, -0.05) is 52.3 Å². The van der Waals surface area contributed by atoms with Crippen LogP contribution >= 0.6 is 31.9 Å². The van der Waals surface area contributed by atoms with Crippen LogP contribution in [0, 0.1) is 6.92 Å². The van der Waals surface area contributed by atoms with E-state index in [1.807, 2.05) is 43.3 Å². The Bertz CT molecular complexity index is 940. The van der Waals surface area contributed by atoms with Crippen LogP contribution in [0.15, 0.2) is 75.7 Å². The molecule has 0 atom stereocenters. The van der Waals surface area contributed by atoms with E-state index in [2.05, 4.69) is 44.0 Å². The number of hydrogen-bond donors (Lipinski definition) is 0. The van der Waals surface area contributed by atoms with E-state index in [0.717, 1.165) is 20.9 Å². The quantitative estimate of drug-likeness (QED) is 0.298. The fourth-order valence-corrected chi connectivity index (χ4v) is 3.49. The van der Waals surface area contributed by atoms with Gasteiger partial charge in [0.1, 0.15) is 17.1 Å². The molecule has 0 aliphatic heterocycles. The van der Waals surface area contributed by atoms with E-state index in [0.29, 0.717) is 23.7 Å². The summed E-state index contributed by atoms with van der Waals surface area (Å²) in [5.41, 5.74) is 2.64. The molecular weight excluding hydrogens is 472 g/mol. The van der Waals surface area contributed by atoms with E-state index in [-0.39, 0.29) is 0 Å². The van der Waals surface area contributed by atoms with Crippen LogP contribution in [0.3, 0.4) is 0 Å². The van der Waals surface area contributed by atoms with E-state index in [1.54, 1.807) is 18.2 Å². The van der Waals surface area contributed by atoms with Gasteiger partial charge in [-0.15, -0.1) is 0 Å². The Morgan fingerprint density at radius 1 is 0.926 bits per heavy atom. The number of carbonyl (C=O) groups excluding carboxylic acids is 1. The Morgan fingerprint density at radius 2 is 1.67 bits per heavy atom. The molecule has 0 spiro atoms. The Balaban J connectivity index is 1.73. The number of aryl methyl sites for hydroxylation is 1. The highest BCUT2D eigenvalue weighted by Crippen LogP contribution is 2.29. The number of benzene rings is 3. The van der Waals surface area contributed by atoms with Crippen LogP contribution in [0.2, 0.25) is 0 Å². The molecule has 0 aliphatic rings. The molecule has 138 valence electrons. The third-order valence-electron chi connectivity index (χ3n) is 3.94. The molecule has 27 heavy (non-hydrogen) atoms. The smallest absolute Gasteiger partial charge is 0.347 e. The summed E-state index contributed by atoms with van der Waals surface area (Å²) in [6.07, 6.45) is 0.759. The van der Waals surface area contributed by atoms with Gasteiger partial charge in [-0.2, -0.15) is 0 Å². The van der Waals surface area contributed by atoms with Crippen molar-refractivity contribution in [2.24, 2.45) is 0 Å². The summed E-state index contributed by atoms with van der Waals surface area (Å²) in [7, 11) is 0. The van der Waals surface area contributed by atoms with E-state index >= 15 is 0 Å². The molecule has 0 unspecified atom stereocenters. The maximum Gasteiger partial charge on any atom is 0.347 e. The highest BCUT2D eigenvalue weighted by Gasteiger charge is 2.17. The van der Waals surface area contributed by atoms with Gasteiger partial charge in [0.05, 0.1) is 11.1 Å². The standard InChI is InChI=1S/C22H18Br2O3/c1-15-7-9-21(19(24)13-15)27-22(25)18-14-17(23)8-10-20(18)26-12-11-16-5-3-2-4-6-16/h2-10,13-14H,11-12H2,1H3. The van der Waals surface area contributed by atoms with Crippen LogP contribution in [0.5, 0.6) is 11.5 Å². The summed E-state index contributed by atoms with van der Waals surface area (Å²) in [5, 5.41) is 0. The van der Waals surface area contributed by atoms with Gasteiger partial charge in [-0.3, -0.25) is 0 Å². The Hall–Kier alpha value is -2.11. The maximum absolute atomic E-state index is 12.7. The Kier molecular flexibility index (Phi) is 6.69. The molecule has 5 heteroatoms. The molecule has 3 aromatic carbocycles. The van der Waals surface area contributed by atoms with Crippen LogP contribution in [0.1, 0.15) is 21.5 Å². The lowest BCUT2D eigenvalue weighted by molar-refractivity contribution is 0.0729. The third kappa shape index (κ3) is 5.44. The Morgan fingerprint density at radius 3 is 2.41 bits per heavy atom.